The Morgan fingerprint density at radius 3 is 2.62 bits per heavy atom. The number of ether oxygens (including phenoxy) is 1. The van der Waals surface area contributed by atoms with Crippen molar-refractivity contribution in [3.8, 4) is 0 Å². The second kappa shape index (κ2) is 6.29. The Hall–Kier alpha value is -1.25. The molecule has 3 heteroatoms. The maximum Gasteiger partial charge on any atom is 0.122 e. The van der Waals surface area contributed by atoms with Crippen molar-refractivity contribution < 1.29 is 4.74 Å². The van der Waals surface area contributed by atoms with Gasteiger partial charge in [0, 0.05) is 5.69 Å². The van der Waals surface area contributed by atoms with Crippen LogP contribution in [0.25, 0.3) is 5.76 Å². The molecule has 0 radical (unpaired) electrons. The summed E-state index contributed by atoms with van der Waals surface area (Å²) < 4.78 is 5.21. The monoisotopic (exact) mass is 182 g/mol. The summed E-state index contributed by atoms with van der Waals surface area (Å²) in [5.74, 6) is 0.679. The smallest absolute Gasteiger partial charge is 0.122 e. The first-order valence-corrected chi connectivity index (χ1v) is 4.57. The minimum absolute atomic E-state index is 0.642. The molecule has 0 fully saturated rings. The lowest BCUT2D eigenvalue weighted by molar-refractivity contribution is 0.299. The standard InChI is InChI=1S/C8H12N2O.C2H6/c1-4-11-7(3)8-5-9-10-6(8)2;1-2/h5H,3-4H2,1-2H3,(H,9,10);1-2H3. The summed E-state index contributed by atoms with van der Waals surface area (Å²) in [6, 6.07) is 0. The van der Waals surface area contributed by atoms with E-state index in [-0.39, 0.29) is 0 Å². The zero-order valence-electron chi connectivity index (χ0n) is 8.85. The third-order valence-electron chi connectivity index (χ3n) is 1.45. The Balaban J connectivity index is 0.000000671. The van der Waals surface area contributed by atoms with Gasteiger partial charge in [0.25, 0.3) is 0 Å². The normalized spacial score (nSPS) is 8.62. The molecule has 0 amide bonds. The minimum Gasteiger partial charge on any atom is -0.494 e. The number of hydrogen-bond acceptors (Lipinski definition) is 2. The number of rotatable bonds is 3. The molecule has 13 heavy (non-hydrogen) atoms. The molecule has 0 unspecified atom stereocenters. The van der Waals surface area contributed by atoms with Gasteiger partial charge in [-0.05, 0) is 13.8 Å². The average Bonchev–Trinajstić information content (AvgIpc) is 2.55. The van der Waals surface area contributed by atoms with Gasteiger partial charge in [-0.25, -0.2) is 0 Å². The third-order valence-corrected chi connectivity index (χ3v) is 1.45. The number of aromatic nitrogens is 2. The number of H-pyrrole nitrogens is 1. The SMILES string of the molecule is C=C(OCC)c1cn[nH]c1C.CC. The van der Waals surface area contributed by atoms with Crippen molar-refractivity contribution in [2.45, 2.75) is 27.7 Å². The van der Waals surface area contributed by atoms with Crippen molar-refractivity contribution in [3.63, 3.8) is 0 Å². The fraction of sp³-hybridized carbons (Fsp3) is 0.500. The van der Waals surface area contributed by atoms with Crippen LogP contribution in [0.15, 0.2) is 12.8 Å². The molecule has 1 aromatic rings. The lowest BCUT2D eigenvalue weighted by Crippen LogP contribution is -1.89. The molecular weight excluding hydrogens is 164 g/mol. The first kappa shape index (κ1) is 11.8. The van der Waals surface area contributed by atoms with Gasteiger partial charge < -0.3 is 4.74 Å². The van der Waals surface area contributed by atoms with Gasteiger partial charge in [0.2, 0.25) is 0 Å². The number of nitrogens with one attached hydrogen (secondary N) is 1. The van der Waals surface area contributed by atoms with Gasteiger partial charge in [-0.2, -0.15) is 5.10 Å². The van der Waals surface area contributed by atoms with E-state index in [0.29, 0.717) is 12.4 Å². The van der Waals surface area contributed by atoms with E-state index >= 15 is 0 Å². The Morgan fingerprint density at radius 2 is 2.23 bits per heavy atom. The molecule has 1 aromatic heterocycles. The number of nitrogens with zero attached hydrogens (tertiary/aromatic N) is 1. The first-order chi connectivity index (χ1) is 6.25. The predicted octanol–water partition coefficient (Wildman–Crippen LogP) is 2.75. The average molecular weight is 182 g/mol. The summed E-state index contributed by atoms with van der Waals surface area (Å²) in [4.78, 5) is 0. The summed E-state index contributed by atoms with van der Waals surface area (Å²) in [5, 5.41) is 6.68. The van der Waals surface area contributed by atoms with Gasteiger partial charge in [-0.15, -0.1) is 0 Å². The molecule has 1 heterocycles. The van der Waals surface area contributed by atoms with Gasteiger partial charge in [-0.1, -0.05) is 20.4 Å². The van der Waals surface area contributed by atoms with E-state index in [2.05, 4.69) is 16.8 Å². The van der Waals surface area contributed by atoms with Crippen LogP contribution in [-0.2, 0) is 4.74 Å². The molecule has 0 spiro atoms. The van der Waals surface area contributed by atoms with E-state index in [1.165, 1.54) is 0 Å². The van der Waals surface area contributed by atoms with E-state index in [0.717, 1.165) is 11.3 Å². The van der Waals surface area contributed by atoms with Crippen LogP contribution in [0.2, 0.25) is 0 Å². The quantitative estimate of drug-likeness (QED) is 0.730. The summed E-state index contributed by atoms with van der Waals surface area (Å²) in [6.07, 6.45) is 1.72. The van der Waals surface area contributed by atoms with Crippen molar-refractivity contribution in [1.82, 2.24) is 10.2 Å². The first-order valence-electron chi connectivity index (χ1n) is 4.57. The molecule has 0 aromatic carbocycles. The Kier molecular flexibility index (Phi) is 5.68. The van der Waals surface area contributed by atoms with Crippen LogP contribution in [0, 0.1) is 6.92 Å². The Morgan fingerprint density at radius 1 is 1.62 bits per heavy atom. The molecule has 0 bridgehead atoms. The topological polar surface area (TPSA) is 37.9 Å². The number of aromatic amines is 1. The summed E-state index contributed by atoms with van der Waals surface area (Å²) in [7, 11) is 0. The second-order valence-electron chi connectivity index (χ2n) is 2.26. The van der Waals surface area contributed by atoms with Gasteiger partial charge in [0.05, 0.1) is 18.4 Å². The van der Waals surface area contributed by atoms with Crippen LogP contribution in [0.4, 0.5) is 0 Å². The van der Waals surface area contributed by atoms with Crippen LogP contribution in [0.1, 0.15) is 32.0 Å². The highest BCUT2D eigenvalue weighted by molar-refractivity contribution is 5.58. The molecule has 0 aliphatic heterocycles. The molecule has 74 valence electrons. The van der Waals surface area contributed by atoms with Crippen LogP contribution in [-0.4, -0.2) is 16.8 Å². The van der Waals surface area contributed by atoms with Gasteiger partial charge >= 0.3 is 0 Å². The number of hydrogen-bond donors (Lipinski definition) is 1. The highest BCUT2D eigenvalue weighted by atomic mass is 16.5. The molecule has 0 aliphatic rings. The summed E-state index contributed by atoms with van der Waals surface area (Å²) >= 11 is 0. The fourth-order valence-electron chi connectivity index (χ4n) is 0.884. The third kappa shape index (κ3) is 3.32. The summed E-state index contributed by atoms with van der Waals surface area (Å²) in [5.41, 5.74) is 1.94. The highest BCUT2D eigenvalue weighted by Crippen LogP contribution is 2.14. The predicted molar refractivity (Wildman–Crippen MR) is 55.3 cm³/mol. The highest BCUT2D eigenvalue weighted by Gasteiger charge is 2.03. The van der Waals surface area contributed by atoms with Gasteiger partial charge in [-0.3, -0.25) is 5.10 Å². The number of aryl methyl sites for hydroxylation is 1. The second-order valence-corrected chi connectivity index (χ2v) is 2.26. The molecule has 0 saturated carbocycles. The van der Waals surface area contributed by atoms with E-state index in [1.807, 2.05) is 27.7 Å². The minimum atomic E-state index is 0.642. The zero-order valence-corrected chi connectivity index (χ0v) is 8.85. The van der Waals surface area contributed by atoms with E-state index < -0.39 is 0 Å². The lowest BCUT2D eigenvalue weighted by Gasteiger charge is -2.03. The molecule has 0 atom stereocenters. The summed E-state index contributed by atoms with van der Waals surface area (Å²) in [6.45, 7) is 12.3. The van der Waals surface area contributed by atoms with E-state index in [9.17, 15) is 0 Å². The van der Waals surface area contributed by atoms with Crippen molar-refractivity contribution in [3.05, 3.63) is 24.0 Å². The van der Waals surface area contributed by atoms with Crippen molar-refractivity contribution >= 4 is 5.76 Å². The zero-order chi connectivity index (χ0) is 10.3. The molecule has 3 nitrogen and oxygen atoms in total. The lowest BCUT2D eigenvalue weighted by atomic mass is 10.2. The maximum atomic E-state index is 5.21. The van der Waals surface area contributed by atoms with Crippen LogP contribution >= 0.6 is 0 Å². The van der Waals surface area contributed by atoms with Crippen LogP contribution < -0.4 is 0 Å². The Labute approximate surface area is 79.8 Å². The van der Waals surface area contributed by atoms with Crippen LogP contribution in [0.5, 0.6) is 0 Å². The van der Waals surface area contributed by atoms with Gasteiger partial charge in [0.15, 0.2) is 0 Å². The van der Waals surface area contributed by atoms with Crippen molar-refractivity contribution in [1.29, 1.82) is 0 Å². The fourth-order valence-corrected chi connectivity index (χ4v) is 0.884. The Bertz CT molecular complexity index is 253. The van der Waals surface area contributed by atoms with Gasteiger partial charge in [0.1, 0.15) is 5.76 Å². The van der Waals surface area contributed by atoms with Crippen molar-refractivity contribution in [2.24, 2.45) is 0 Å². The molecule has 1 rings (SSSR count). The van der Waals surface area contributed by atoms with E-state index in [1.54, 1.807) is 6.20 Å². The van der Waals surface area contributed by atoms with Crippen molar-refractivity contribution in [2.75, 3.05) is 6.61 Å². The van der Waals surface area contributed by atoms with E-state index in [4.69, 9.17) is 4.74 Å². The largest absolute Gasteiger partial charge is 0.494 e. The molecular formula is C10H18N2O. The van der Waals surface area contributed by atoms with Crippen LogP contribution in [0.3, 0.4) is 0 Å². The molecule has 1 N–H and O–H groups in total. The molecule has 0 saturated heterocycles. The molecule has 0 aliphatic carbocycles. The maximum absolute atomic E-state index is 5.21.